The molecule has 0 N–H and O–H groups in total. The SMILES string of the molecule is Cn1c(=O)c([N+](=O)[O-])c(N2CCN(Cc3ccc(Cl)cc3Cl)CC2)c2ccccc21. The molecule has 4 rings (SSSR count). The van der Waals surface area contributed by atoms with Crippen LogP contribution in [0.2, 0.25) is 10.0 Å². The van der Waals surface area contributed by atoms with Crippen molar-refractivity contribution >= 4 is 45.5 Å². The third-order valence-electron chi connectivity index (χ3n) is 5.53. The molecule has 2 heterocycles. The first kappa shape index (κ1) is 20.7. The normalized spacial score (nSPS) is 15.0. The zero-order valence-corrected chi connectivity index (χ0v) is 17.9. The maximum absolute atomic E-state index is 12.7. The van der Waals surface area contributed by atoms with Crippen molar-refractivity contribution in [3.8, 4) is 0 Å². The van der Waals surface area contributed by atoms with Crippen molar-refractivity contribution in [2.45, 2.75) is 6.54 Å². The Bertz CT molecular complexity index is 1190. The molecule has 0 saturated carbocycles. The van der Waals surface area contributed by atoms with E-state index in [0.717, 1.165) is 5.56 Å². The fourth-order valence-electron chi connectivity index (χ4n) is 3.97. The monoisotopic (exact) mass is 446 g/mol. The highest BCUT2D eigenvalue weighted by Crippen LogP contribution is 2.34. The average Bonchev–Trinajstić information content (AvgIpc) is 2.73. The molecule has 1 saturated heterocycles. The molecule has 30 heavy (non-hydrogen) atoms. The fourth-order valence-corrected chi connectivity index (χ4v) is 4.44. The number of aryl methyl sites for hydroxylation is 1. The van der Waals surface area contributed by atoms with Gasteiger partial charge in [0.05, 0.1) is 10.4 Å². The Labute approximate surface area is 183 Å². The minimum Gasteiger partial charge on any atom is -0.363 e. The lowest BCUT2D eigenvalue weighted by Gasteiger charge is -2.36. The number of halogens is 2. The summed E-state index contributed by atoms with van der Waals surface area (Å²) in [5.74, 6) is 0. The van der Waals surface area contributed by atoms with E-state index in [0.29, 0.717) is 59.4 Å². The molecule has 1 fully saturated rings. The van der Waals surface area contributed by atoms with Crippen molar-refractivity contribution in [2.24, 2.45) is 7.05 Å². The summed E-state index contributed by atoms with van der Waals surface area (Å²) in [4.78, 5) is 28.1. The van der Waals surface area contributed by atoms with Crippen LogP contribution in [0.15, 0.2) is 47.3 Å². The van der Waals surface area contributed by atoms with Gasteiger partial charge in [0.15, 0.2) is 0 Å². The summed E-state index contributed by atoms with van der Waals surface area (Å²) < 4.78 is 1.34. The van der Waals surface area contributed by atoms with Crippen molar-refractivity contribution in [2.75, 3.05) is 31.1 Å². The third kappa shape index (κ3) is 3.76. The largest absolute Gasteiger partial charge is 0.363 e. The first-order chi connectivity index (χ1) is 14.4. The molecule has 1 aromatic heterocycles. The first-order valence-electron chi connectivity index (χ1n) is 9.54. The van der Waals surface area contributed by atoms with E-state index in [1.807, 2.05) is 41.3 Å². The molecular weight excluding hydrogens is 427 g/mol. The minimum absolute atomic E-state index is 0.370. The molecular formula is C21H20Cl2N4O3. The van der Waals surface area contributed by atoms with Gasteiger partial charge in [-0.05, 0) is 23.8 Å². The summed E-state index contributed by atoms with van der Waals surface area (Å²) in [6.45, 7) is 3.20. The van der Waals surface area contributed by atoms with Crippen LogP contribution in [0.1, 0.15) is 5.56 Å². The maximum Gasteiger partial charge on any atom is 0.357 e. The van der Waals surface area contributed by atoms with Crippen molar-refractivity contribution in [1.82, 2.24) is 9.47 Å². The van der Waals surface area contributed by atoms with Gasteiger partial charge in [-0.1, -0.05) is 47.5 Å². The standard InChI is InChI=1S/C21H20Cl2N4O3/c1-24-18-5-3-2-4-16(18)19(20(21(24)28)27(29)30)26-10-8-25(9-11-26)13-14-6-7-15(22)12-17(14)23/h2-7,12H,8-11,13H2,1H3. The van der Waals surface area contributed by atoms with Gasteiger partial charge in [0.25, 0.3) is 0 Å². The Morgan fingerprint density at radius 3 is 2.43 bits per heavy atom. The second kappa shape index (κ2) is 8.26. The zero-order chi connectivity index (χ0) is 21.4. The van der Waals surface area contributed by atoms with Gasteiger partial charge in [-0.3, -0.25) is 19.8 Å². The molecule has 0 unspecified atom stereocenters. The maximum atomic E-state index is 12.7. The third-order valence-corrected chi connectivity index (χ3v) is 6.12. The highest BCUT2D eigenvalue weighted by atomic mass is 35.5. The number of benzene rings is 2. The predicted molar refractivity (Wildman–Crippen MR) is 120 cm³/mol. The van der Waals surface area contributed by atoms with Crippen LogP contribution in [0.5, 0.6) is 0 Å². The van der Waals surface area contributed by atoms with E-state index in [-0.39, 0.29) is 5.69 Å². The number of fused-ring (bicyclic) bond motifs is 1. The molecule has 0 bridgehead atoms. The average molecular weight is 447 g/mol. The number of hydrogen-bond donors (Lipinski definition) is 0. The Hall–Kier alpha value is -2.61. The van der Waals surface area contributed by atoms with Gasteiger partial charge in [0.1, 0.15) is 5.69 Å². The van der Waals surface area contributed by atoms with Gasteiger partial charge in [0.2, 0.25) is 0 Å². The number of aromatic nitrogens is 1. The van der Waals surface area contributed by atoms with Crippen LogP contribution in [-0.2, 0) is 13.6 Å². The van der Waals surface area contributed by atoms with E-state index in [4.69, 9.17) is 23.2 Å². The number of nitro groups is 1. The van der Waals surface area contributed by atoms with Crippen LogP contribution in [0.25, 0.3) is 10.9 Å². The van der Waals surface area contributed by atoms with Crippen LogP contribution >= 0.6 is 23.2 Å². The predicted octanol–water partition coefficient (Wildman–Crippen LogP) is 4.08. The molecule has 9 heteroatoms. The number of nitrogens with zero attached hydrogens (tertiary/aromatic N) is 4. The molecule has 1 aliphatic heterocycles. The summed E-state index contributed by atoms with van der Waals surface area (Å²) in [5.41, 5.74) is 1.11. The molecule has 0 aliphatic carbocycles. The van der Waals surface area contributed by atoms with E-state index in [9.17, 15) is 14.9 Å². The van der Waals surface area contributed by atoms with Gasteiger partial charge in [0, 0.05) is 55.2 Å². The van der Waals surface area contributed by atoms with Crippen LogP contribution in [0.4, 0.5) is 11.4 Å². The number of piperazine rings is 1. The Morgan fingerprint density at radius 2 is 1.77 bits per heavy atom. The summed E-state index contributed by atoms with van der Waals surface area (Å²) >= 11 is 12.3. The molecule has 7 nitrogen and oxygen atoms in total. The molecule has 156 valence electrons. The lowest BCUT2D eigenvalue weighted by molar-refractivity contribution is -0.385. The number of pyridine rings is 1. The lowest BCUT2D eigenvalue weighted by Crippen LogP contribution is -2.46. The second-order valence-electron chi connectivity index (χ2n) is 7.33. The van der Waals surface area contributed by atoms with Crippen LogP contribution in [-0.4, -0.2) is 40.6 Å². The van der Waals surface area contributed by atoms with E-state index in [2.05, 4.69) is 4.90 Å². The van der Waals surface area contributed by atoms with Crippen molar-refractivity contribution in [3.63, 3.8) is 0 Å². The molecule has 1 aliphatic rings. The topological polar surface area (TPSA) is 71.6 Å². The van der Waals surface area contributed by atoms with Gasteiger partial charge < -0.3 is 9.47 Å². The summed E-state index contributed by atoms with van der Waals surface area (Å²) in [5, 5.41) is 13.7. The molecule has 0 spiro atoms. The number of hydrogen-bond acceptors (Lipinski definition) is 5. The molecule has 3 aromatic rings. The van der Waals surface area contributed by atoms with Crippen molar-refractivity contribution < 1.29 is 4.92 Å². The number of para-hydroxylation sites is 1. The van der Waals surface area contributed by atoms with E-state index in [1.165, 1.54) is 4.57 Å². The molecule has 2 aromatic carbocycles. The number of anilines is 1. The number of rotatable bonds is 4. The Kier molecular flexibility index (Phi) is 5.69. The molecule has 0 radical (unpaired) electrons. The highest BCUT2D eigenvalue weighted by molar-refractivity contribution is 6.35. The van der Waals surface area contributed by atoms with Crippen molar-refractivity contribution in [1.29, 1.82) is 0 Å². The summed E-state index contributed by atoms with van der Waals surface area (Å²) in [7, 11) is 1.56. The van der Waals surface area contributed by atoms with Gasteiger partial charge in [-0.2, -0.15) is 0 Å². The van der Waals surface area contributed by atoms with Gasteiger partial charge >= 0.3 is 11.2 Å². The summed E-state index contributed by atoms with van der Waals surface area (Å²) in [6.07, 6.45) is 0. The van der Waals surface area contributed by atoms with Crippen LogP contribution in [0.3, 0.4) is 0 Å². The quantitative estimate of drug-likeness (QED) is 0.445. The lowest BCUT2D eigenvalue weighted by atomic mass is 10.1. The van der Waals surface area contributed by atoms with E-state index in [1.54, 1.807) is 13.1 Å². The summed E-state index contributed by atoms with van der Waals surface area (Å²) in [6, 6.07) is 12.7. The fraction of sp³-hybridized carbons (Fsp3) is 0.286. The minimum atomic E-state index is -0.593. The van der Waals surface area contributed by atoms with Crippen molar-refractivity contribution in [3.05, 3.63) is 78.5 Å². The first-order valence-corrected chi connectivity index (χ1v) is 10.3. The second-order valence-corrected chi connectivity index (χ2v) is 8.18. The van der Waals surface area contributed by atoms with Crippen LogP contribution in [0, 0.1) is 10.1 Å². The smallest absolute Gasteiger partial charge is 0.357 e. The van der Waals surface area contributed by atoms with E-state index < -0.39 is 10.5 Å². The molecule has 0 atom stereocenters. The molecule has 0 amide bonds. The highest BCUT2D eigenvalue weighted by Gasteiger charge is 2.30. The Morgan fingerprint density at radius 1 is 1.07 bits per heavy atom. The van der Waals surface area contributed by atoms with Crippen LogP contribution < -0.4 is 10.5 Å². The zero-order valence-electron chi connectivity index (χ0n) is 16.3. The van der Waals surface area contributed by atoms with Gasteiger partial charge in [-0.15, -0.1) is 0 Å². The van der Waals surface area contributed by atoms with E-state index >= 15 is 0 Å². The Balaban J connectivity index is 1.63. The van der Waals surface area contributed by atoms with Gasteiger partial charge in [-0.25, -0.2) is 0 Å².